The molecule has 0 rings (SSSR count). The Labute approximate surface area is 37.4 Å². The van der Waals surface area contributed by atoms with E-state index in [1.54, 1.807) is 0 Å². The molecule has 0 aromatic carbocycles. The summed E-state index contributed by atoms with van der Waals surface area (Å²) in [5.41, 5.74) is 0. The van der Waals surface area contributed by atoms with Gasteiger partial charge in [0, 0.05) is 0 Å². The Morgan fingerprint density at radius 3 is 1.86 bits per heavy atom. The molecule has 0 atom stereocenters. The van der Waals surface area contributed by atoms with E-state index in [2.05, 4.69) is 4.89 Å². The van der Waals surface area contributed by atoms with Crippen molar-refractivity contribution in [1.29, 1.82) is 0 Å². The zero-order valence-electron chi connectivity index (χ0n) is 3.16. The maximum atomic E-state index is 10.7. The molecule has 0 fully saturated rings. The van der Waals surface area contributed by atoms with Gasteiger partial charge in [-0.1, -0.05) is 0 Å². The average Bonchev–Trinajstić information content (AvgIpc) is 1.30. The number of hydrogen-bond donors (Lipinski definition) is 0. The van der Waals surface area contributed by atoms with Crippen molar-refractivity contribution in [3.05, 3.63) is 0 Å². The molecule has 0 aliphatic heterocycles. The lowest BCUT2D eigenvalue weighted by atomic mass is 10.7. The highest BCUT2D eigenvalue weighted by Crippen LogP contribution is 2.12. The van der Waals surface area contributed by atoms with Crippen LogP contribution in [0.4, 0.5) is 13.2 Å². The molecule has 0 aromatic rings. The summed E-state index contributed by atoms with van der Waals surface area (Å²) in [5, 5.41) is 8.73. The van der Waals surface area contributed by atoms with E-state index in [4.69, 9.17) is 5.26 Å². The van der Waals surface area contributed by atoms with Crippen molar-refractivity contribution in [3.63, 3.8) is 0 Å². The molecule has 0 N–H and O–H groups in total. The molecule has 0 amide bonds. The first-order valence-electron chi connectivity index (χ1n) is 1.38. The smallest absolute Gasteiger partial charge is 0.410 e. The summed E-state index contributed by atoms with van der Waals surface area (Å²) in [7, 11) is 0. The SMILES string of the molecule is [O-]OCC(F)(F)F. The third-order valence-electron chi connectivity index (χ3n) is 0.223. The molecule has 0 bridgehead atoms. The Morgan fingerprint density at radius 2 is 1.86 bits per heavy atom. The van der Waals surface area contributed by atoms with E-state index in [9.17, 15) is 13.2 Å². The van der Waals surface area contributed by atoms with Crippen molar-refractivity contribution in [3.8, 4) is 0 Å². The predicted molar refractivity (Wildman–Crippen MR) is 12.0 cm³/mol. The fraction of sp³-hybridized carbons (Fsp3) is 1.00. The first kappa shape index (κ1) is 6.71. The maximum absolute atomic E-state index is 10.7. The van der Waals surface area contributed by atoms with Crippen molar-refractivity contribution in [2.45, 2.75) is 6.18 Å². The van der Waals surface area contributed by atoms with Gasteiger partial charge in [-0.25, -0.2) is 0 Å². The van der Waals surface area contributed by atoms with E-state index < -0.39 is 12.8 Å². The summed E-state index contributed by atoms with van der Waals surface area (Å²) < 4.78 is 32.2. The van der Waals surface area contributed by atoms with Crippen molar-refractivity contribution in [1.82, 2.24) is 0 Å². The Kier molecular flexibility index (Phi) is 2.04. The summed E-state index contributed by atoms with van der Waals surface area (Å²) in [6, 6.07) is 0. The number of alkyl halides is 3. The molecule has 44 valence electrons. The molecule has 0 saturated carbocycles. The van der Waals surface area contributed by atoms with Crippen molar-refractivity contribution in [2.75, 3.05) is 6.61 Å². The molecule has 0 aromatic heterocycles. The van der Waals surface area contributed by atoms with Crippen LogP contribution in [0.5, 0.6) is 0 Å². The third kappa shape index (κ3) is 5.71. The van der Waals surface area contributed by atoms with E-state index in [0.29, 0.717) is 0 Å². The molecule has 5 heteroatoms. The highest BCUT2D eigenvalue weighted by atomic mass is 19.4. The van der Waals surface area contributed by atoms with Gasteiger partial charge in [-0.2, -0.15) is 13.2 Å². The second-order valence-corrected chi connectivity index (χ2v) is 0.877. The predicted octanol–water partition coefficient (Wildman–Crippen LogP) is -0.159. The van der Waals surface area contributed by atoms with Gasteiger partial charge in [-0.15, -0.1) is 0 Å². The molecule has 2 nitrogen and oxygen atoms in total. The van der Waals surface area contributed by atoms with E-state index in [-0.39, 0.29) is 0 Å². The lowest BCUT2D eigenvalue weighted by molar-refractivity contribution is -0.696. The molecule has 0 saturated heterocycles. The van der Waals surface area contributed by atoms with Gasteiger partial charge in [-0.3, -0.25) is 0 Å². The van der Waals surface area contributed by atoms with Crippen molar-refractivity contribution < 1.29 is 23.3 Å². The minimum absolute atomic E-state index is 1.72. The quantitative estimate of drug-likeness (QED) is 0.351. The molecule has 0 aliphatic carbocycles. The summed E-state index contributed by atoms with van der Waals surface area (Å²) >= 11 is 0. The van der Waals surface area contributed by atoms with Crippen molar-refractivity contribution >= 4 is 0 Å². The molecule has 0 spiro atoms. The van der Waals surface area contributed by atoms with Crippen molar-refractivity contribution in [2.24, 2.45) is 0 Å². The van der Waals surface area contributed by atoms with Crippen LogP contribution < -0.4 is 5.26 Å². The van der Waals surface area contributed by atoms with Crippen LogP contribution in [0.1, 0.15) is 0 Å². The van der Waals surface area contributed by atoms with Gasteiger partial charge in [0.1, 0.15) is 6.61 Å². The van der Waals surface area contributed by atoms with Crippen LogP contribution in [0, 0.1) is 0 Å². The topological polar surface area (TPSA) is 32.3 Å². The van der Waals surface area contributed by atoms with Crippen LogP contribution in [-0.4, -0.2) is 12.8 Å². The Hall–Kier alpha value is -0.290. The van der Waals surface area contributed by atoms with Gasteiger partial charge in [-0.05, 0) is 0 Å². The molecule has 0 heterocycles. The van der Waals surface area contributed by atoms with E-state index in [0.717, 1.165) is 0 Å². The van der Waals surface area contributed by atoms with Gasteiger partial charge >= 0.3 is 6.18 Å². The Morgan fingerprint density at radius 1 is 1.43 bits per heavy atom. The fourth-order valence-corrected chi connectivity index (χ4v) is 0.0668. The van der Waals surface area contributed by atoms with Gasteiger partial charge in [0.25, 0.3) is 0 Å². The minimum Gasteiger partial charge on any atom is -0.723 e. The normalized spacial score (nSPS) is 12.0. The minimum atomic E-state index is -4.48. The lowest BCUT2D eigenvalue weighted by Crippen LogP contribution is -2.21. The molecule has 0 unspecified atom stereocenters. The first-order chi connectivity index (χ1) is 3.06. The molecular formula is C2H2F3O2-. The highest BCUT2D eigenvalue weighted by molar-refractivity contribution is 4.40. The van der Waals surface area contributed by atoms with Crippen LogP contribution in [0.2, 0.25) is 0 Å². The highest BCUT2D eigenvalue weighted by Gasteiger charge is 2.25. The molecule has 7 heavy (non-hydrogen) atoms. The van der Waals surface area contributed by atoms with Gasteiger partial charge in [0.15, 0.2) is 0 Å². The Balaban J connectivity index is 3.15. The second-order valence-electron chi connectivity index (χ2n) is 0.877. The number of rotatable bonds is 1. The van der Waals surface area contributed by atoms with E-state index >= 15 is 0 Å². The average molecular weight is 115 g/mol. The number of hydrogen-bond acceptors (Lipinski definition) is 2. The first-order valence-corrected chi connectivity index (χ1v) is 1.38. The lowest BCUT2D eigenvalue weighted by Gasteiger charge is -2.08. The second kappa shape index (κ2) is 2.13. The van der Waals surface area contributed by atoms with Crippen LogP contribution >= 0.6 is 0 Å². The van der Waals surface area contributed by atoms with Crippen LogP contribution in [-0.2, 0) is 4.89 Å². The monoisotopic (exact) mass is 115 g/mol. The third-order valence-corrected chi connectivity index (χ3v) is 0.223. The summed E-state index contributed by atoms with van der Waals surface area (Å²) in [6.45, 7) is -1.72. The summed E-state index contributed by atoms with van der Waals surface area (Å²) in [5.74, 6) is 0. The van der Waals surface area contributed by atoms with Gasteiger partial charge in [0.05, 0.1) is 0 Å². The summed E-state index contributed by atoms with van der Waals surface area (Å²) in [6.07, 6.45) is -4.48. The molecular weight excluding hydrogens is 113 g/mol. The number of halogens is 3. The molecule has 0 aliphatic rings. The standard InChI is InChI=1S/C2H3F3O2/c3-2(4,5)1-7-6/h6H,1H2/p-1. The van der Waals surface area contributed by atoms with Crippen LogP contribution in [0.25, 0.3) is 0 Å². The fourth-order valence-electron chi connectivity index (χ4n) is 0.0668. The maximum Gasteiger partial charge on any atom is 0.410 e. The van der Waals surface area contributed by atoms with E-state index in [1.807, 2.05) is 0 Å². The van der Waals surface area contributed by atoms with Crippen LogP contribution in [0.15, 0.2) is 0 Å². The summed E-state index contributed by atoms with van der Waals surface area (Å²) in [4.78, 5) is 2.53. The Bertz CT molecular complexity index is 49.4. The molecule has 0 radical (unpaired) electrons. The van der Waals surface area contributed by atoms with Gasteiger partial charge in [0.2, 0.25) is 0 Å². The van der Waals surface area contributed by atoms with Gasteiger partial charge < -0.3 is 10.1 Å². The zero-order chi connectivity index (χ0) is 5.91. The van der Waals surface area contributed by atoms with Crippen LogP contribution in [0.3, 0.4) is 0 Å². The van der Waals surface area contributed by atoms with E-state index in [1.165, 1.54) is 0 Å². The largest absolute Gasteiger partial charge is 0.723 e. The zero-order valence-corrected chi connectivity index (χ0v) is 3.16.